The quantitative estimate of drug-likeness (QED) is 0.747. The summed E-state index contributed by atoms with van der Waals surface area (Å²) in [5.74, 6) is 0.990. The molecule has 1 N–H and O–H groups in total. The number of hydrazone groups is 1. The van der Waals surface area contributed by atoms with Crippen LogP contribution in [0, 0.1) is 0 Å². The van der Waals surface area contributed by atoms with Gasteiger partial charge >= 0.3 is 0 Å². The summed E-state index contributed by atoms with van der Waals surface area (Å²) >= 11 is 0. The van der Waals surface area contributed by atoms with Gasteiger partial charge in [0.25, 0.3) is 5.91 Å². The number of anilines is 1. The SMILES string of the molecule is COc1ccc(NC(=O)CC(=O)N2N=C(N3CCCCC3)CC2c2ccccc2)cc1. The van der Waals surface area contributed by atoms with Gasteiger partial charge in [-0.15, -0.1) is 0 Å². The predicted octanol–water partition coefficient (Wildman–Crippen LogP) is 3.80. The molecule has 4 rings (SSSR count). The molecule has 0 saturated carbocycles. The van der Waals surface area contributed by atoms with Gasteiger partial charge in [0.05, 0.1) is 13.2 Å². The molecule has 7 heteroatoms. The van der Waals surface area contributed by atoms with Crippen molar-refractivity contribution in [2.75, 3.05) is 25.5 Å². The van der Waals surface area contributed by atoms with E-state index in [9.17, 15) is 9.59 Å². The first-order valence-electron chi connectivity index (χ1n) is 10.8. The van der Waals surface area contributed by atoms with Crippen molar-refractivity contribution in [2.24, 2.45) is 5.10 Å². The van der Waals surface area contributed by atoms with E-state index in [1.54, 1.807) is 31.4 Å². The molecule has 1 fully saturated rings. The van der Waals surface area contributed by atoms with Gasteiger partial charge in [-0.3, -0.25) is 9.59 Å². The lowest BCUT2D eigenvalue weighted by atomic mass is 10.0. The van der Waals surface area contributed by atoms with Crippen molar-refractivity contribution in [3.63, 3.8) is 0 Å². The summed E-state index contributed by atoms with van der Waals surface area (Å²) in [7, 11) is 1.59. The van der Waals surface area contributed by atoms with Crippen LogP contribution in [0.4, 0.5) is 5.69 Å². The summed E-state index contributed by atoms with van der Waals surface area (Å²) in [5.41, 5.74) is 1.65. The highest BCUT2D eigenvalue weighted by Crippen LogP contribution is 2.33. The zero-order chi connectivity index (χ0) is 21.6. The number of hydrogen-bond donors (Lipinski definition) is 1. The number of nitrogens with one attached hydrogen (secondary N) is 1. The molecule has 2 aliphatic heterocycles. The second-order valence-corrected chi connectivity index (χ2v) is 7.89. The van der Waals surface area contributed by atoms with Crippen molar-refractivity contribution in [2.45, 2.75) is 38.1 Å². The van der Waals surface area contributed by atoms with Crippen LogP contribution in [0.15, 0.2) is 59.7 Å². The number of methoxy groups -OCH3 is 1. The molecule has 2 heterocycles. The van der Waals surface area contributed by atoms with Gasteiger partial charge in [0.1, 0.15) is 18.0 Å². The van der Waals surface area contributed by atoms with Crippen LogP contribution in [-0.2, 0) is 9.59 Å². The first kappa shape index (κ1) is 20.9. The van der Waals surface area contributed by atoms with Gasteiger partial charge in [0, 0.05) is 25.2 Å². The topological polar surface area (TPSA) is 74.2 Å². The maximum atomic E-state index is 13.1. The highest BCUT2D eigenvalue weighted by molar-refractivity contribution is 6.04. The van der Waals surface area contributed by atoms with Gasteiger partial charge in [0.2, 0.25) is 5.91 Å². The van der Waals surface area contributed by atoms with Crippen LogP contribution in [0.3, 0.4) is 0 Å². The summed E-state index contributed by atoms with van der Waals surface area (Å²) in [6.07, 6.45) is 3.95. The minimum atomic E-state index is -0.358. The lowest BCUT2D eigenvalue weighted by molar-refractivity contribution is -0.136. The third-order valence-electron chi connectivity index (χ3n) is 5.74. The number of carbonyl (C=O) groups excluding carboxylic acids is 2. The van der Waals surface area contributed by atoms with Crippen molar-refractivity contribution < 1.29 is 14.3 Å². The number of likely N-dealkylation sites (tertiary alicyclic amines) is 1. The Bertz CT molecular complexity index is 937. The van der Waals surface area contributed by atoms with E-state index in [2.05, 4.69) is 15.3 Å². The minimum Gasteiger partial charge on any atom is -0.497 e. The highest BCUT2D eigenvalue weighted by atomic mass is 16.5. The molecule has 2 amide bonds. The number of rotatable bonds is 5. The fourth-order valence-corrected chi connectivity index (χ4v) is 4.10. The van der Waals surface area contributed by atoms with Crippen molar-refractivity contribution in [3.8, 4) is 5.75 Å². The van der Waals surface area contributed by atoms with Crippen molar-refractivity contribution in [3.05, 3.63) is 60.2 Å². The number of hydrogen-bond acceptors (Lipinski definition) is 5. The van der Waals surface area contributed by atoms with Crippen LogP contribution in [0.2, 0.25) is 0 Å². The molecule has 2 aromatic carbocycles. The van der Waals surface area contributed by atoms with Crippen LogP contribution < -0.4 is 10.1 Å². The lowest BCUT2D eigenvalue weighted by Crippen LogP contribution is -2.34. The maximum absolute atomic E-state index is 13.1. The first-order chi connectivity index (χ1) is 15.1. The standard InChI is InChI=1S/C24H28N4O3/c1-31-20-12-10-19(11-13-20)25-23(29)17-24(30)28-21(18-8-4-2-5-9-18)16-22(26-28)27-14-6-3-7-15-27/h2,4-5,8-13,21H,3,6-7,14-17H2,1H3,(H,25,29). The fourth-order valence-electron chi connectivity index (χ4n) is 4.10. The van der Waals surface area contributed by atoms with Crippen LogP contribution in [0.5, 0.6) is 5.75 Å². The predicted molar refractivity (Wildman–Crippen MR) is 120 cm³/mol. The number of nitrogens with zero attached hydrogens (tertiary/aromatic N) is 3. The van der Waals surface area contributed by atoms with E-state index < -0.39 is 0 Å². The van der Waals surface area contributed by atoms with Gasteiger partial charge < -0.3 is 15.0 Å². The molecule has 162 valence electrons. The molecule has 1 atom stereocenters. The molecular formula is C24H28N4O3. The smallest absolute Gasteiger partial charge is 0.252 e. The molecule has 1 saturated heterocycles. The van der Waals surface area contributed by atoms with Crippen LogP contribution in [-0.4, -0.2) is 47.8 Å². The van der Waals surface area contributed by atoms with Gasteiger partial charge in [-0.1, -0.05) is 30.3 Å². The first-order valence-corrected chi connectivity index (χ1v) is 10.8. The summed E-state index contributed by atoms with van der Waals surface area (Å²) in [4.78, 5) is 27.9. The number of piperidine rings is 1. The molecule has 0 aromatic heterocycles. The van der Waals surface area contributed by atoms with E-state index in [4.69, 9.17) is 4.74 Å². The Hall–Kier alpha value is -3.35. The lowest BCUT2D eigenvalue weighted by Gasteiger charge is -2.28. The number of carbonyl (C=O) groups is 2. The van der Waals surface area contributed by atoms with E-state index in [0.29, 0.717) is 17.9 Å². The third kappa shape index (κ3) is 5.05. The maximum Gasteiger partial charge on any atom is 0.252 e. The van der Waals surface area contributed by atoms with Gasteiger partial charge in [-0.25, -0.2) is 5.01 Å². The summed E-state index contributed by atoms with van der Waals surface area (Å²) in [6, 6.07) is 16.7. The largest absolute Gasteiger partial charge is 0.497 e. The number of ether oxygens (including phenoxy) is 1. The normalized spacial score (nSPS) is 18.5. The fraction of sp³-hybridized carbons (Fsp3) is 0.375. The van der Waals surface area contributed by atoms with E-state index >= 15 is 0 Å². The monoisotopic (exact) mass is 420 g/mol. The van der Waals surface area contributed by atoms with E-state index in [0.717, 1.165) is 37.3 Å². The van der Waals surface area contributed by atoms with Crippen LogP contribution in [0.1, 0.15) is 43.7 Å². The number of amides is 2. The zero-order valence-electron chi connectivity index (χ0n) is 17.8. The van der Waals surface area contributed by atoms with Crippen LogP contribution in [0.25, 0.3) is 0 Å². The minimum absolute atomic E-state index is 0.181. The average Bonchev–Trinajstić information content (AvgIpc) is 3.26. The Morgan fingerprint density at radius 3 is 2.42 bits per heavy atom. The Labute approximate surface area is 182 Å². The molecule has 0 spiro atoms. The van der Waals surface area contributed by atoms with E-state index in [1.165, 1.54) is 11.4 Å². The van der Waals surface area contributed by atoms with Gasteiger partial charge in [-0.2, -0.15) is 5.10 Å². The second kappa shape index (κ2) is 9.64. The molecular weight excluding hydrogens is 392 g/mol. The molecule has 7 nitrogen and oxygen atoms in total. The van der Waals surface area contributed by atoms with Crippen molar-refractivity contribution in [1.29, 1.82) is 0 Å². The highest BCUT2D eigenvalue weighted by Gasteiger charge is 2.35. The summed E-state index contributed by atoms with van der Waals surface area (Å²) < 4.78 is 5.13. The molecule has 2 aromatic rings. The summed E-state index contributed by atoms with van der Waals surface area (Å²) in [6.45, 7) is 1.95. The Balaban J connectivity index is 1.46. The number of benzene rings is 2. The Kier molecular flexibility index (Phi) is 6.50. The molecule has 0 aliphatic carbocycles. The molecule has 0 radical (unpaired) electrons. The molecule has 31 heavy (non-hydrogen) atoms. The van der Waals surface area contributed by atoms with E-state index in [1.807, 2.05) is 30.3 Å². The van der Waals surface area contributed by atoms with Crippen molar-refractivity contribution in [1.82, 2.24) is 9.91 Å². The summed E-state index contributed by atoms with van der Waals surface area (Å²) in [5, 5.41) is 8.96. The van der Waals surface area contributed by atoms with Crippen molar-refractivity contribution >= 4 is 23.3 Å². The molecule has 0 bridgehead atoms. The van der Waals surface area contributed by atoms with Gasteiger partial charge in [-0.05, 0) is 49.1 Å². The molecule has 2 aliphatic rings. The average molecular weight is 421 g/mol. The van der Waals surface area contributed by atoms with E-state index in [-0.39, 0.29) is 24.3 Å². The van der Waals surface area contributed by atoms with Crippen LogP contribution >= 0.6 is 0 Å². The second-order valence-electron chi connectivity index (χ2n) is 7.89. The van der Waals surface area contributed by atoms with Gasteiger partial charge in [0.15, 0.2) is 0 Å². The Morgan fingerprint density at radius 1 is 1.03 bits per heavy atom. The molecule has 1 unspecified atom stereocenters. The number of amidine groups is 1. The third-order valence-corrected chi connectivity index (χ3v) is 5.74. The Morgan fingerprint density at radius 2 is 1.74 bits per heavy atom. The zero-order valence-corrected chi connectivity index (χ0v) is 17.8.